The first kappa shape index (κ1) is 14.2. The summed E-state index contributed by atoms with van der Waals surface area (Å²) in [5.41, 5.74) is 2.22. The Kier molecular flexibility index (Phi) is 4.51. The summed E-state index contributed by atoms with van der Waals surface area (Å²) in [7, 11) is 1.72. The van der Waals surface area contributed by atoms with Crippen molar-refractivity contribution >= 4 is 27.3 Å². The van der Waals surface area contributed by atoms with Crippen molar-refractivity contribution in [1.82, 2.24) is 10.3 Å². The molecule has 0 bridgehead atoms. The van der Waals surface area contributed by atoms with E-state index in [2.05, 4.69) is 45.5 Å². The number of aromatic nitrogens is 1. The molecule has 1 aliphatic rings. The van der Waals surface area contributed by atoms with Crippen molar-refractivity contribution in [2.45, 2.75) is 32.0 Å². The van der Waals surface area contributed by atoms with E-state index in [9.17, 15) is 0 Å². The van der Waals surface area contributed by atoms with E-state index >= 15 is 0 Å². The molecule has 1 aliphatic carbocycles. The molecule has 3 rings (SSSR count). The molecule has 1 N–H and O–H groups in total. The van der Waals surface area contributed by atoms with Crippen LogP contribution in [0.15, 0.2) is 28.7 Å². The molecule has 0 unspecified atom stereocenters. The Morgan fingerprint density at radius 1 is 1.35 bits per heavy atom. The SMILES string of the molecule is COCc1nc(-c2ccc(Br)cc2)sc1CNC1CC1. The average molecular weight is 353 g/mol. The van der Waals surface area contributed by atoms with Crippen molar-refractivity contribution in [3.63, 3.8) is 0 Å². The number of thiazole rings is 1. The Hall–Kier alpha value is -0.750. The largest absolute Gasteiger partial charge is 0.378 e. The van der Waals surface area contributed by atoms with Crippen LogP contribution in [0.4, 0.5) is 0 Å². The van der Waals surface area contributed by atoms with Crippen LogP contribution in [-0.4, -0.2) is 18.1 Å². The van der Waals surface area contributed by atoms with Crippen molar-refractivity contribution in [1.29, 1.82) is 0 Å². The molecule has 0 spiro atoms. The predicted octanol–water partition coefficient (Wildman–Crippen LogP) is 3.97. The first-order valence-electron chi connectivity index (χ1n) is 6.73. The highest BCUT2D eigenvalue weighted by Crippen LogP contribution is 2.30. The fourth-order valence-corrected chi connectivity index (χ4v) is 3.30. The topological polar surface area (TPSA) is 34.1 Å². The van der Waals surface area contributed by atoms with E-state index in [1.807, 2.05) is 0 Å². The lowest BCUT2D eigenvalue weighted by Gasteiger charge is -2.02. The molecule has 2 aromatic rings. The van der Waals surface area contributed by atoms with E-state index in [1.54, 1.807) is 18.4 Å². The van der Waals surface area contributed by atoms with Gasteiger partial charge in [0.1, 0.15) is 5.01 Å². The molecular formula is C15H17BrN2OS. The van der Waals surface area contributed by atoms with Crippen LogP contribution in [0.3, 0.4) is 0 Å². The molecule has 0 saturated heterocycles. The number of ether oxygens (including phenoxy) is 1. The molecule has 0 aliphatic heterocycles. The number of hydrogen-bond donors (Lipinski definition) is 1. The van der Waals surface area contributed by atoms with Gasteiger partial charge in [-0.3, -0.25) is 0 Å². The zero-order valence-electron chi connectivity index (χ0n) is 11.4. The van der Waals surface area contributed by atoms with Crippen LogP contribution in [0.2, 0.25) is 0 Å². The molecule has 5 heteroatoms. The minimum Gasteiger partial charge on any atom is -0.378 e. The fourth-order valence-electron chi connectivity index (χ4n) is 2.01. The third-order valence-electron chi connectivity index (χ3n) is 3.28. The third kappa shape index (κ3) is 3.47. The predicted molar refractivity (Wildman–Crippen MR) is 85.8 cm³/mol. The van der Waals surface area contributed by atoms with Gasteiger partial charge in [-0.15, -0.1) is 11.3 Å². The van der Waals surface area contributed by atoms with Gasteiger partial charge < -0.3 is 10.1 Å². The van der Waals surface area contributed by atoms with Gasteiger partial charge in [-0.25, -0.2) is 4.98 Å². The van der Waals surface area contributed by atoms with Crippen LogP contribution >= 0.6 is 27.3 Å². The average Bonchev–Trinajstić information content (AvgIpc) is 3.19. The summed E-state index contributed by atoms with van der Waals surface area (Å²) in [6, 6.07) is 9.00. The normalized spacial score (nSPS) is 14.7. The number of rotatable bonds is 6. The minimum atomic E-state index is 0.578. The molecule has 1 aromatic heterocycles. The van der Waals surface area contributed by atoms with Crippen LogP contribution in [0.5, 0.6) is 0 Å². The first-order chi connectivity index (χ1) is 9.76. The zero-order chi connectivity index (χ0) is 13.9. The highest BCUT2D eigenvalue weighted by Gasteiger charge is 2.21. The van der Waals surface area contributed by atoms with Crippen LogP contribution in [-0.2, 0) is 17.9 Å². The van der Waals surface area contributed by atoms with Gasteiger partial charge in [0.15, 0.2) is 0 Å². The van der Waals surface area contributed by atoms with E-state index in [4.69, 9.17) is 9.72 Å². The van der Waals surface area contributed by atoms with E-state index in [0.717, 1.165) is 27.3 Å². The molecule has 3 nitrogen and oxygen atoms in total. The van der Waals surface area contributed by atoms with E-state index in [-0.39, 0.29) is 0 Å². The number of halogens is 1. The van der Waals surface area contributed by atoms with Gasteiger partial charge in [-0.05, 0) is 25.0 Å². The minimum absolute atomic E-state index is 0.578. The summed E-state index contributed by atoms with van der Waals surface area (Å²) in [4.78, 5) is 6.03. The second kappa shape index (κ2) is 6.35. The lowest BCUT2D eigenvalue weighted by Crippen LogP contribution is -2.15. The Morgan fingerprint density at radius 2 is 2.10 bits per heavy atom. The molecule has 1 heterocycles. The molecule has 0 amide bonds. The van der Waals surface area contributed by atoms with Crippen molar-refractivity contribution < 1.29 is 4.74 Å². The molecule has 106 valence electrons. The maximum absolute atomic E-state index is 5.27. The number of hydrogen-bond acceptors (Lipinski definition) is 4. The van der Waals surface area contributed by atoms with Crippen molar-refractivity contribution in [3.05, 3.63) is 39.3 Å². The maximum atomic E-state index is 5.27. The second-order valence-electron chi connectivity index (χ2n) is 4.98. The maximum Gasteiger partial charge on any atom is 0.124 e. The quantitative estimate of drug-likeness (QED) is 0.853. The van der Waals surface area contributed by atoms with Gasteiger partial charge in [0.25, 0.3) is 0 Å². The number of nitrogens with zero attached hydrogens (tertiary/aromatic N) is 1. The highest BCUT2D eigenvalue weighted by atomic mass is 79.9. The number of benzene rings is 1. The monoisotopic (exact) mass is 352 g/mol. The number of methoxy groups -OCH3 is 1. The van der Waals surface area contributed by atoms with Gasteiger partial charge >= 0.3 is 0 Å². The lowest BCUT2D eigenvalue weighted by atomic mass is 10.2. The highest BCUT2D eigenvalue weighted by molar-refractivity contribution is 9.10. The summed E-state index contributed by atoms with van der Waals surface area (Å²) in [6.45, 7) is 1.48. The van der Waals surface area contributed by atoms with Crippen molar-refractivity contribution in [2.24, 2.45) is 0 Å². The van der Waals surface area contributed by atoms with E-state index < -0.39 is 0 Å². The van der Waals surface area contributed by atoms with Crippen molar-refractivity contribution in [3.8, 4) is 10.6 Å². The van der Waals surface area contributed by atoms with Gasteiger partial charge in [0.2, 0.25) is 0 Å². The standard InChI is InChI=1S/C15H17BrN2OS/c1-19-9-13-14(8-17-12-6-7-12)20-15(18-13)10-2-4-11(16)5-3-10/h2-5,12,17H,6-9H2,1H3. The molecule has 1 fully saturated rings. The second-order valence-corrected chi connectivity index (χ2v) is 6.98. The zero-order valence-corrected chi connectivity index (χ0v) is 13.8. The van der Waals surface area contributed by atoms with Crippen LogP contribution in [0.25, 0.3) is 10.6 Å². The summed E-state index contributed by atoms with van der Waals surface area (Å²) >= 11 is 5.22. The Morgan fingerprint density at radius 3 is 2.75 bits per heavy atom. The molecule has 0 atom stereocenters. The van der Waals surface area contributed by atoms with Crippen LogP contribution in [0.1, 0.15) is 23.4 Å². The van der Waals surface area contributed by atoms with Crippen LogP contribution in [0, 0.1) is 0 Å². The van der Waals surface area contributed by atoms with Gasteiger partial charge in [-0.2, -0.15) is 0 Å². The molecular weight excluding hydrogens is 336 g/mol. The van der Waals surface area contributed by atoms with E-state index in [1.165, 1.54) is 17.7 Å². The summed E-state index contributed by atoms with van der Waals surface area (Å²) < 4.78 is 6.36. The fraction of sp³-hybridized carbons (Fsp3) is 0.400. The Labute approximate surface area is 131 Å². The van der Waals surface area contributed by atoms with Gasteiger partial charge in [0.05, 0.1) is 12.3 Å². The van der Waals surface area contributed by atoms with Gasteiger partial charge in [-0.1, -0.05) is 28.1 Å². The number of nitrogens with one attached hydrogen (secondary N) is 1. The lowest BCUT2D eigenvalue weighted by molar-refractivity contribution is 0.181. The van der Waals surface area contributed by atoms with Crippen molar-refractivity contribution in [2.75, 3.05) is 7.11 Å². The summed E-state index contributed by atoms with van der Waals surface area (Å²) in [5, 5.41) is 4.62. The summed E-state index contributed by atoms with van der Waals surface area (Å²) in [5.74, 6) is 0. The molecule has 0 radical (unpaired) electrons. The van der Waals surface area contributed by atoms with E-state index in [0.29, 0.717) is 12.6 Å². The Bertz CT molecular complexity index is 578. The van der Waals surface area contributed by atoms with Gasteiger partial charge in [0, 0.05) is 34.6 Å². The molecule has 20 heavy (non-hydrogen) atoms. The molecule has 1 aromatic carbocycles. The first-order valence-corrected chi connectivity index (χ1v) is 8.34. The van der Waals surface area contributed by atoms with Crippen LogP contribution < -0.4 is 5.32 Å². The molecule has 1 saturated carbocycles. The summed E-state index contributed by atoms with van der Waals surface area (Å²) in [6.07, 6.45) is 2.61. The smallest absolute Gasteiger partial charge is 0.124 e. The third-order valence-corrected chi connectivity index (χ3v) is 4.95. The Balaban J connectivity index is 1.82.